The van der Waals surface area contributed by atoms with Gasteiger partial charge in [-0.15, -0.1) is 0 Å². The fraction of sp³-hybridized carbons (Fsp3) is 0.632. The maximum Gasteiger partial charge on any atom is 0.223 e. The Hall–Kier alpha value is -1.44. The molecule has 0 N–H and O–H groups in total. The summed E-state index contributed by atoms with van der Waals surface area (Å²) in [6.45, 7) is 5.58. The highest BCUT2D eigenvalue weighted by molar-refractivity contribution is 7.89. The van der Waals surface area contributed by atoms with E-state index in [2.05, 4.69) is 0 Å². The van der Waals surface area contributed by atoms with Crippen molar-refractivity contribution in [3.8, 4) is 0 Å². The molecule has 1 amide bonds. The number of carbonyl (C=O) groups excluding carboxylic acids is 1. The summed E-state index contributed by atoms with van der Waals surface area (Å²) in [5.74, 6) is 0.313. The van der Waals surface area contributed by atoms with Crippen molar-refractivity contribution in [2.24, 2.45) is 5.92 Å². The molecule has 1 aromatic carbocycles. The smallest absolute Gasteiger partial charge is 0.223 e. The van der Waals surface area contributed by atoms with E-state index in [9.17, 15) is 13.2 Å². The van der Waals surface area contributed by atoms with Crippen LogP contribution in [0.2, 0.25) is 0 Å². The van der Waals surface area contributed by atoms with Gasteiger partial charge < -0.3 is 9.64 Å². The molecule has 2 fully saturated rings. The Kier molecular flexibility index (Phi) is 5.99. The summed E-state index contributed by atoms with van der Waals surface area (Å²) < 4.78 is 32.6. The maximum absolute atomic E-state index is 12.6. The molecule has 3 rings (SSSR count). The standard InChI is InChI=1S/C19H28N2O4S/c1-15(2)12-21-17-13-20(14-18(17)25-10-11-26(21,23)24)19(22)9-8-16-6-4-3-5-7-16/h3-7,15,17-18H,8-14H2,1-2H3/t17-,18+/m1/s1. The summed E-state index contributed by atoms with van der Waals surface area (Å²) in [5, 5.41) is 0. The van der Waals surface area contributed by atoms with E-state index in [-0.39, 0.29) is 36.3 Å². The van der Waals surface area contributed by atoms with Crippen molar-refractivity contribution in [1.82, 2.24) is 9.21 Å². The molecule has 0 bridgehead atoms. The Morgan fingerprint density at radius 2 is 1.96 bits per heavy atom. The molecule has 0 aliphatic carbocycles. The lowest BCUT2D eigenvalue weighted by Crippen LogP contribution is -2.47. The van der Waals surface area contributed by atoms with E-state index in [4.69, 9.17) is 4.74 Å². The van der Waals surface area contributed by atoms with Crippen molar-refractivity contribution < 1.29 is 17.9 Å². The van der Waals surface area contributed by atoms with Crippen molar-refractivity contribution in [3.05, 3.63) is 35.9 Å². The molecule has 0 aromatic heterocycles. The van der Waals surface area contributed by atoms with Crippen molar-refractivity contribution in [2.45, 2.75) is 38.8 Å². The number of nitrogens with zero attached hydrogens (tertiary/aromatic N) is 2. The second-order valence-electron chi connectivity index (χ2n) is 7.54. The molecule has 144 valence electrons. The van der Waals surface area contributed by atoms with E-state index in [1.165, 1.54) is 0 Å². The third-order valence-electron chi connectivity index (χ3n) is 5.01. The summed E-state index contributed by atoms with van der Waals surface area (Å²) in [4.78, 5) is 14.4. The van der Waals surface area contributed by atoms with Gasteiger partial charge in [0.15, 0.2) is 0 Å². The number of rotatable bonds is 5. The summed E-state index contributed by atoms with van der Waals surface area (Å²) in [7, 11) is -3.34. The van der Waals surface area contributed by atoms with Gasteiger partial charge in [-0.1, -0.05) is 44.2 Å². The molecular formula is C19H28N2O4S. The Morgan fingerprint density at radius 3 is 2.65 bits per heavy atom. The van der Waals surface area contributed by atoms with Crippen LogP contribution in [0.3, 0.4) is 0 Å². The number of carbonyl (C=O) groups is 1. The number of aryl methyl sites for hydroxylation is 1. The van der Waals surface area contributed by atoms with Crippen LogP contribution >= 0.6 is 0 Å². The first-order valence-electron chi connectivity index (χ1n) is 9.29. The number of amides is 1. The Balaban J connectivity index is 1.67. The molecule has 2 aliphatic heterocycles. The van der Waals surface area contributed by atoms with Gasteiger partial charge in [-0.2, -0.15) is 4.31 Å². The van der Waals surface area contributed by atoms with Gasteiger partial charge in [0.2, 0.25) is 15.9 Å². The number of hydrogen-bond donors (Lipinski definition) is 0. The minimum absolute atomic E-state index is 0.0225. The lowest BCUT2D eigenvalue weighted by molar-refractivity contribution is -0.130. The van der Waals surface area contributed by atoms with Gasteiger partial charge in [-0.05, 0) is 17.9 Å². The molecule has 0 unspecified atom stereocenters. The SMILES string of the molecule is CC(C)CN1[C@@H]2CN(C(=O)CCc3ccccc3)C[C@@H]2OCCS1(=O)=O. The highest BCUT2D eigenvalue weighted by Gasteiger charge is 2.45. The predicted octanol–water partition coefficient (Wildman–Crippen LogP) is 1.52. The van der Waals surface area contributed by atoms with Crippen LogP contribution in [-0.2, 0) is 26.0 Å². The normalized spacial score (nSPS) is 25.9. The van der Waals surface area contributed by atoms with E-state index in [1.807, 2.05) is 44.2 Å². The monoisotopic (exact) mass is 380 g/mol. The highest BCUT2D eigenvalue weighted by Crippen LogP contribution is 2.26. The minimum Gasteiger partial charge on any atom is -0.374 e. The average Bonchev–Trinajstić information content (AvgIpc) is 2.97. The third kappa shape index (κ3) is 4.45. The molecule has 2 atom stereocenters. The zero-order chi connectivity index (χ0) is 18.7. The molecule has 0 spiro atoms. The first-order valence-corrected chi connectivity index (χ1v) is 10.9. The minimum atomic E-state index is -3.34. The van der Waals surface area contributed by atoms with Crippen LogP contribution in [-0.4, -0.2) is 67.7 Å². The molecule has 26 heavy (non-hydrogen) atoms. The van der Waals surface area contributed by atoms with Crippen molar-refractivity contribution >= 4 is 15.9 Å². The lowest BCUT2D eigenvalue weighted by atomic mass is 10.1. The Bertz CT molecular complexity index is 720. The zero-order valence-electron chi connectivity index (χ0n) is 15.5. The van der Waals surface area contributed by atoms with Gasteiger partial charge >= 0.3 is 0 Å². The summed E-state index contributed by atoms with van der Waals surface area (Å²) >= 11 is 0. The van der Waals surface area contributed by atoms with E-state index in [1.54, 1.807) is 9.21 Å². The van der Waals surface area contributed by atoms with E-state index in [0.29, 0.717) is 32.5 Å². The molecule has 6 nitrogen and oxygen atoms in total. The number of hydrogen-bond acceptors (Lipinski definition) is 4. The van der Waals surface area contributed by atoms with E-state index in [0.717, 1.165) is 5.56 Å². The molecule has 2 aliphatic rings. The van der Waals surface area contributed by atoms with Crippen LogP contribution in [0.4, 0.5) is 0 Å². The number of ether oxygens (including phenoxy) is 1. The largest absolute Gasteiger partial charge is 0.374 e. The van der Waals surface area contributed by atoms with Crippen molar-refractivity contribution in [1.29, 1.82) is 0 Å². The molecule has 2 heterocycles. The van der Waals surface area contributed by atoms with Crippen molar-refractivity contribution in [3.63, 3.8) is 0 Å². The fourth-order valence-corrected chi connectivity index (χ4v) is 5.37. The summed E-state index contributed by atoms with van der Waals surface area (Å²) in [6.07, 6.45) is 0.896. The van der Waals surface area contributed by atoms with Gasteiger partial charge in [0, 0.05) is 26.1 Å². The zero-order valence-corrected chi connectivity index (χ0v) is 16.3. The van der Waals surface area contributed by atoms with Crippen LogP contribution in [0.5, 0.6) is 0 Å². The topological polar surface area (TPSA) is 66.9 Å². The quantitative estimate of drug-likeness (QED) is 0.777. The fourth-order valence-electron chi connectivity index (χ4n) is 3.69. The predicted molar refractivity (Wildman–Crippen MR) is 100 cm³/mol. The lowest BCUT2D eigenvalue weighted by Gasteiger charge is -2.29. The highest BCUT2D eigenvalue weighted by atomic mass is 32.2. The molecule has 7 heteroatoms. The van der Waals surface area contributed by atoms with Crippen LogP contribution in [0, 0.1) is 5.92 Å². The molecule has 0 radical (unpaired) electrons. The van der Waals surface area contributed by atoms with Gasteiger partial charge in [0.1, 0.15) is 0 Å². The van der Waals surface area contributed by atoms with Crippen molar-refractivity contribution in [2.75, 3.05) is 32.0 Å². The average molecular weight is 381 g/mol. The number of fused-ring (bicyclic) bond motifs is 1. The van der Waals surface area contributed by atoms with Gasteiger partial charge in [0.05, 0.1) is 24.5 Å². The number of benzene rings is 1. The Morgan fingerprint density at radius 1 is 1.23 bits per heavy atom. The molecular weight excluding hydrogens is 352 g/mol. The maximum atomic E-state index is 12.6. The van der Waals surface area contributed by atoms with Crippen LogP contribution in [0.1, 0.15) is 25.8 Å². The summed E-state index contributed by atoms with van der Waals surface area (Å²) in [5.41, 5.74) is 1.13. The number of sulfonamides is 1. The summed E-state index contributed by atoms with van der Waals surface area (Å²) in [6, 6.07) is 9.65. The molecule has 1 aromatic rings. The molecule has 2 saturated heterocycles. The number of likely N-dealkylation sites (tertiary alicyclic amines) is 1. The van der Waals surface area contributed by atoms with E-state index < -0.39 is 10.0 Å². The van der Waals surface area contributed by atoms with Crippen LogP contribution in [0.15, 0.2) is 30.3 Å². The Labute approximate surface area is 156 Å². The second-order valence-corrected chi connectivity index (χ2v) is 9.58. The second kappa shape index (κ2) is 8.06. The molecule has 0 saturated carbocycles. The van der Waals surface area contributed by atoms with Gasteiger partial charge in [-0.3, -0.25) is 4.79 Å². The van der Waals surface area contributed by atoms with E-state index >= 15 is 0 Å². The van der Waals surface area contributed by atoms with Crippen LogP contribution in [0.25, 0.3) is 0 Å². The first kappa shape index (κ1) is 19.3. The van der Waals surface area contributed by atoms with Gasteiger partial charge in [-0.25, -0.2) is 8.42 Å². The van der Waals surface area contributed by atoms with Gasteiger partial charge in [0.25, 0.3) is 0 Å². The third-order valence-corrected chi connectivity index (χ3v) is 6.82. The van der Waals surface area contributed by atoms with Crippen LogP contribution < -0.4 is 0 Å². The first-order chi connectivity index (χ1) is 12.4.